The van der Waals surface area contributed by atoms with Gasteiger partial charge < -0.3 is 30.1 Å². The Kier molecular flexibility index (Phi) is 6.21. The second kappa shape index (κ2) is 7.43. The molecule has 1 aliphatic rings. The molecule has 0 aliphatic carbocycles. The second-order valence-corrected chi connectivity index (χ2v) is 4.26. The number of terminal acetylenes is 1. The number of rotatable bonds is 5. The average Bonchev–Trinajstić information content (AvgIpc) is 2.37. The van der Waals surface area contributed by atoms with Crippen molar-refractivity contribution in [1.29, 1.82) is 0 Å². The van der Waals surface area contributed by atoms with Crippen LogP contribution in [0.5, 0.6) is 0 Å². The molecule has 19 heavy (non-hydrogen) atoms. The molecule has 1 amide bonds. The molecule has 108 valence electrons. The molecular formula is C12H19NO6. The molecule has 0 aromatic heterocycles. The molecule has 7 nitrogen and oxygen atoms in total. The number of aliphatic hydroxyl groups is 3. The predicted octanol–water partition coefficient (Wildman–Crippen LogP) is -2.03. The maximum atomic E-state index is 11.1. The van der Waals surface area contributed by atoms with Crippen molar-refractivity contribution in [2.24, 2.45) is 0 Å². The lowest BCUT2D eigenvalue weighted by Gasteiger charge is -2.42. The first kappa shape index (κ1) is 15.9. The molecule has 0 bridgehead atoms. The van der Waals surface area contributed by atoms with Crippen LogP contribution in [0.15, 0.2) is 0 Å². The monoisotopic (exact) mass is 273 g/mol. The fourth-order valence-electron chi connectivity index (χ4n) is 1.85. The second-order valence-electron chi connectivity index (χ2n) is 4.26. The van der Waals surface area contributed by atoms with E-state index >= 15 is 0 Å². The van der Waals surface area contributed by atoms with Crippen LogP contribution in [0.4, 0.5) is 0 Å². The highest BCUT2D eigenvalue weighted by Crippen LogP contribution is 2.22. The molecule has 0 aromatic carbocycles. The minimum atomic E-state index is -1.31. The molecule has 1 saturated heterocycles. The lowest BCUT2D eigenvalue weighted by atomic mass is 9.97. The Hall–Kier alpha value is -1.17. The Morgan fingerprint density at radius 1 is 1.47 bits per heavy atom. The highest BCUT2D eigenvalue weighted by Gasteiger charge is 2.45. The first-order valence-corrected chi connectivity index (χ1v) is 5.96. The van der Waals surface area contributed by atoms with E-state index in [1.54, 1.807) is 0 Å². The van der Waals surface area contributed by atoms with Crippen molar-refractivity contribution in [2.45, 2.75) is 44.0 Å². The molecule has 1 fully saturated rings. The summed E-state index contributed by atoms with van der Waals surface area (Å²) in [6, 6.07) is -0.923. The van der Waals surface area contributed by atoms with E-state index in [1.807, 2.05) is 0 Å². The number of carbonyl (C=O) groups excluding carboxylic acids is 1. The maximum Gasteiger partial charge on any atom is 0.217 e. The zero-order valence-electron chi connectivity index (χ0n) is 10.7. The number of aliphatic hydroxyl groups excluding tert-OH is 3. The highest BCUT2D eigenvalue weighted by atomic mass is 16.7. The number of amides is 1. The fourth-order valence-corrected chi connectivity index (χ4v) is 1.85. The standard InChI is InChI=1S/C12H19NO6/c1-3-4-5-18-12-9(13-7(2)15)11(17)10(16)8(6-14)19-12/h1,8-12,14,16-17H,4-6H2,2H3,(H,13,15)/t8-,9-,10+,11-,12-/m1/s1. The van der Waals surface area contributed by atoms with Crippen molar-refractivity contribution >= 4 is 5.91 Å². The first-order valence-electron chi connectivity index (χ1n) is 5.96. The van der Waals surface area contributed by atoms with Gasteiger partial charge in [0.2, 0.25) is 5.91 Å². The SMILES string of the molecule is C#CCCO[C@@H]1O[C@H](CO)[C@H](O)[C@H](O)[C@H]1NC(C)=O. The van der Waals surface area contributed by atoms with Crippen LogP contribution in [0.2, 0.25) is 0 Å². The van der Waals surface area contributed by atoms with Crippen LogP contribution in [0.25, 0.3) is 0 Å². The zero-order chi connectivity index (χ0) is 14.4. The lowest BCUT2D eigenvalue weighted by Crippen LogP contribution is -2.64. The molecule has 0 unspecified atom stereocenters. The summed E-state index contributed by atoms with van der Waals surface area (Å²) in [5, 5.41) is 31.2. The van der Waals surface area contributed by atoms with Crippen molar-refractivity contribution in [2.75, 3.05) is 13.2 Å². The fraction of sp³-hybridized carbons (Fsp3) is 0.750. The quantitative estimate of drug-likeness (QED) is 0.340. The van der Waals surface area contributed by atoms with E-state index < -0.39 is 43.2 Å². The van der Waals surface area contributed by atoms with Crippen LogP contribution in [0, 0.1) is 12.3 Å². The topological polar surface area (TPSA) is 108 Å². The molecule has 0 saturated carbocycles. The van der Waals surface area contributed by atoms with Crippen LogP contribution < -0.4 is 5.32 Å². The van der Waals surface area contributed by atoms with Gasteiger partial charge in [-0.05, 0) is 0 Å². The van der Waals surface area contributed by atoms with Gasteiger partial charge in [-0.3, -0.25) is 4.79 Å². The number of nitrogens with one attached hydrogen (secondary N) is 1. The third kappa shape index (κ3) is 4.16. The van der Waals surface area contributed by atoms with Crippen LogP contribution in [0.3, 0.4) is 0 Å². The average molecular weight is 273 g/mol. The molecule has 0 radical (unpaired) electrons. The summed E-state index contributed by atoms with van der Waals surface area (Å²) >= 11 is 0. The number of carbonyl (C=O) groups is 1. The predicted molar refractivity (Wildman–Crippen MR) is 64.8 cm³/mol. The van der Waals surface area contributed by atoms with Gasteiger partial charge in [0.1, 0.15) is 24.4 Å². The van der Waals surface area contributed by atoms with E-state index in [0.29, 0.717) is 6.42 Å². The number of ether oxygens (including phenoxy) is 2. The van der Waals surface area contributed by atoms with Crippen molar-refractivity contribution in [3.8, 4) is 12.3 Å². The largest absolute Gasteiger partial charge is 0.394 e. The summed E-state index contributed by atoms with van der Waals surface area (Å²) in [7, 11) is 0. The summed E-state index contributed by atoms with van der Waals surface area (Å²) in [6.07, 6.45) is 0.869. The molecule has 4 N–H and O–H groups in total. The molecule has 5 atom stereocenters. The van der Waals surface area contributed by atoms with Crippen molar-refractivity contribution < 1.29 is 29.6 Å². The maximum absolute atomic E-state index is 11.1. The van der Waals surface area contributed by atoms with Gasteiger partial charge >= 0.3 is 0 Å². The van der Waals surface area contributed by atoms with Crippen LogP contribution in [0.1, 0.15) is 13.3 Å². The molecule has 7 heteroatoms. The Morgan fingerprint density at radius 2 is 2.16 bits per heavy atom. The van der Waals surface area contributed by atoms with Crippen LogP contribution in [-0.4, -0.2) is 65.1 Å². The van der Waals surface area contributed by atoms with Crippen molar-refractivity contribution in [3.63, 3.8) is 0 Å². The highest BCUT2D eigenvalue weighted by molar-refractivity contribution is 5.73. The molecule has 1 heterocycles. The van der Waals surface area contributed by atoms with E-state index in [-0.39, 0.29) is 6.61 Å². The third-order valence-corrected chi connectivity index (χ3v) is 2.78. The molecule has 0 aromatic rings. The smallest absolute Gasteiger partial charge is 0.217 e. The van der Waals surface area contributed by atoms with Crippen LogP contribution >= 0.6 is 0 Å². The van der Waals surface area contributed by atoms with Gasteiger partial charge in [0, 0.05) is 13.3 Å². The van der Waals surface area contributed by atoms with Gasteiger partial charge in [-0.25, -0.2) is 0 Å². The molecule has 1 aliphatic heterocycles. The number of hydrogen-bond acceptors (Lipinski definition) is 6. The van der Waals surface area contributed by atoms with Gasteiger partial charge in [0.15, 0.2) is 6.29 Å². The van der Waals surface area contributed by atoms with E-state index in [2.05, 4.69) is 11.2 Å². The Labute approximate surface area is 111 Å². The number of hydrogen-bond donors (Lipinski definition) is 4. The molecule has 1 rings (SSSR count). The Balaban J connectivity index is 2.74. The van der Waals surface area contributed by atoms with Gasteiger partial charge in [0.05, 0.1) is 13.2 Å². The van der Waals surface area contributed by atoms with Crippen LogP contribution in [-0.2, 0) is 14.3 Å². The summed E-state index contributed by atoms with van der Waals surface area (Å²) in [5.41, 5.74) is 0. The van der Waals surface area contributed by atoms with Gasteiger partial charge in [-0.2, -0.15) is 0 Å². The van der Waals surface area contributed by atoms with Crippen molar-refractivity contribution in [1.82, 2.24) is 5.32 Å². The van der Waals surface area contributed by atoms with E-state index in [0.717, 1.165) is 0 Å². The lowest BCUT2D eigenvalue weighted by molar-refractivity contribution is -0.269. The summed E-state index contributed by atoms with van der Waals surface area (Å²) in [4.78, 5) is 11.1. The van der Waals surface area contributed by atoms with Gasteiger partial charge in [-0.1, -0.05) is 0 Å². The van der Waals surface area contributed by atoms with Crippen molar-refractivity contribution in [3.05, 3.63) is 0 Å². The normalized spacial score (nSPS) is 34.6. The minimum absolute atomic E-state index is 0.179. The van der Waals surface area contributed by atoms with Gasteiger partial charge in [0.25, 0.3) is 0 Å². The van der Waals surface area contributed by atoms with Gasteiger partial charge in [-0.15, -0.1) is 12.3 Å². The minimum Gasteiger partial charge on any atom is -0.394 e. The third-order valence-electron chi connectivity index (χ3n) is 2.78. The van der Waals surface area contributed by atoms with E-state index in [9.17, 15) is 15.0 Å². The molecule has 0 spiro atoms. The molecular weight excluding hydrogens is 254 g/mol. The van der Waals surface area contributed by atoms with E-state index in [1.165, 1.54) is 6.92 Å². The summed E-state index contributed by atoms with van der Waals surface area (Å²) in [5.74, 6) is 1.98. The Morgan fingerprint density at radius 3 is 2.68 bits per heavy atom. The summed E-state index contributed by atoms with van der Waals surface area (Å²) in [6.45, 7) is 0.980. The Bertz CT molecular complexity index is 342. The van der Waals surface area contributed by atoms with E-state index in [4.69, 9.17) is 21.0 Å². The summed E-state index contributed by atoms with van der Waals surface area (Å²) < 4.78 is 10.6. The zero-order valence-corrected chi connectivity index (χ0v) is 10.7. The first-order chi connectivity index (χ1) is 9.01.